The predicted molar refractivity (Wildman–Crippen MR) is 102 cm³/mol. The maximum atomic E-state index is 8.87. The van der Waals surface area contributed by atoms with Crippen LogP contribution in [-0.2, 0) is 0 Å². The lowest BCUT2D eigenvalue weighted by Crippen LogP contribution is -2.05. The topological polar surface area (TPSA) is 58.0 Å². The maximum absolute atomic E-state index is 8.87. The van der Waals surface area contributed by atoms with E-state index in [4.69, 9.17) is 10.1 Å². The minimum absolute atomic E-state index is 0.254. The van der Waals surface area contributed by atoms with Crippen LogP contribution in [0.2, 0.25) is 0 Å². The van der Waals surface area contributed by atoms with Crippen molar-refractivity contribution in [1.29, 1.82) is 0 Å². The molecule has 4 heteroatoms. The number of aliphatic hydroxyl groups excluding tert-OH is 1. The predicted octanol–water partition coefficient (Wildman–Crippen LogP) is 4.39. The molecule has 0 bridgehead atoms. The first-order chi connectivity index (χ1) is 12.4. The Bertz CT molecular complexity index is 718. The summed E-state index contributed by atoms with van der Waals surface area (Å²) in [6.07, 6.45) is 2.85. The molecule has 0 spiro atoms. The van der Waals surface area contributed by atoms with Crippen molar-refractivity contribution in [3.8, 4) is 22.6 Å². The van der Waals surface area contributed by atoms with E-state index in [-0.39, 0.29) is 6.61 Å². The van der Waals surface area contributed by atoms with Crippen molar-refractivity contribution in [1.82, 2.24) is 9.97 Å². The number of rotatable bonds is 8. The first-order valence-electron chi connectivity index (χ1n) is 8.71. The number of unbranched alkanes of at least 4 members (excludes halogenated alkanes) is 2. The summed E-state index contributed by atoms with van der Waals surface area (Å²) in [5.74, 6) is 1.55. The third kappa shape index (κ3) is 4.88. The number of anilines is 1. The van der Waals surface area contributed by atoms with Crippen LogP contribution in [0.15, 0.2) is 66.7 Å². The van der Waals surface area contributed by atoms with Crippen LogP contribution in [0.3, 0.4) is 0 Å². The van der Waals surface area contributed by atoms with Gasteiger partial charge in [-0.2, -0.15) is 0 Å². The molecular formula is C21H23N3O. The second-order valence-electron chi connectivity index (χ2n) is 5.91. The van der Waals surface area contributed by atoms with Crippen molar-refractivity contribution in [2.45, 2.75) is 19.3 Å². The molecule has 2 N–H and O–H groups in total. The summed E-state index contributed by atoms with van der Waals surface area (Å²) in [4.78, 5) is 9.42. The van der Waals surface area contributed by atoms with Gasteiger partial charge in [0.2, 0.25) is 0 Å². The van der Waals surface area contributed by atoms with Gasteiger partial charge in [-0.05, 0) is 19.3 Å². The molecular weight excluding hydrogens is 310 g/mol. The highest BCUT2D eigenvalue weighted by Gasteiger charge is 2.08. The summed E-state index contributed by atoms with van der Waals surface area (Å²) in [5, 5.41) is 12.3. The summed E-state index contributed by atoms with van der Waals surface area (Å²) >= 11 is 0. The molecule has 0 atom stereocenters. The summed E-state index contributed by atoms with van der Waals surface area (Å²) in [6, 6.07) is 22.2. The molecule has 2 aromatic carbocycles. The Morgan fingerprint density at radius 1 is 0.760 bits per heavy atom. The normalized spacial score (nSPS) is 10.6. The maximum Gasteiger partial charge on any atom is 0.162 e. The Hall–Kier alpha value is -2.72. The zero-order chi connectivity index (χ0) is 17.3. The van der Waals surface area contributed by atoms with E-state index in [9.17, 15) is 0 Å². The highest BCUT2D eigenvalue weighted by molar-refractivity contribution is 5.67. The van der Waals surface area contributed by atoms with Crippen molar-refractivity contribution in [2.75, 3.05) is 18.5 Å². The zero-order valence-electron chi connectivity index (χ0n) is 14.2. The van der Waals surface area contributed by atoms with Crippen LogP contribution in [-0.4, -0.2) is 28.2 Å². The van der Waals surface area contributed by atoms with Gasteiger partial charge in [-0.1, -0.05) is 60.7 Å². The molecule has 0 aliphatic carbocycles. The molecule has 0 amide bonds. The number of nitrogens with one attached hydrogen (secondary N) is 1. The monoisotopic (exact) mass is 333 g/mol. The summed E-state index contributed by atoms with van der Waals surface area (Å²) < 4.78 is 0. The minimum atomic E-state index is 0.254. The fraction of sp³-hybridized carbons (Fsp3) is 0.238. The first-order valence-corrected chi connectivity index (χ1v) is 8.71. The smallest absolute Gasteiger partial charge is 0.162 e. The number of aromatic nitrogens is 2. The fourth-order valence-electron chi connectivity index (χ4n) is 2.64. The largest absolute Gasteiger partial charge is 0.396 e. The van der Waals surface area contributed by atoms with Gasteiger partial charge < -0.3 is 10.4 Å². The fourth-order valence-corrected chi connectivity index (χ4v) is 2.64. The molecule has 0 saturated heterocycles. The Morgan fingerprint density at radius 3 is 2.12 bits per heavy atom. The molecule has 0 saturated carbocycles. The van der Waals surface area contributed by atoms with Crippen LogP contribution < -0.4 is 5.32 Å². The second kappa shape index (κ2) is 8.94. The van der Waals surface area contributed by atoms with Crippen molar-refractivity contribution in [3.63, 3.8) is 0 Å². The van der Waals surface area contributed by atoms with Crippen LogP contribution in [0, 0.1) is 0 Å². The average molecular weight is 333 g/mol. The van der Waals surface area contributed by atoms with Gasteiger partial charge in [-0.25, -0.2) is 9.97 Å². The summed E-state index contributed by atoms with van der Waals surface area (Å²) in [7, 11) is 0. The lowest BCUT2D eigenvalue weighted by Gasteiger charge is -2.10. The van der Waals surface area contributed by atoms with E-state index >= 15 is 0 Å². The number of hydrogen-bond donors (Lipinski definition) is 2. The Kier molecular flexibility index (Phi) is 6.12. The highest BCUT2D eigenvalue weighted by atomic mass is 16.2. The van der Waals surface area contributed by atoms with Gasteiger partial charge in [0.15, 0.2) is 5.82 Å². The van der Waals surface area contributed by atoms with Gasteiger partial charge in [0, 0.05) is 30.3 Å². The van der Waals surface area contributed by atoms with E-state index in [0.717, 1.165) is 54.3 Å². The molecule has 0 radical (unpaired) electrons. The molecule has 1 aromatic heterocycles. The van der Waals surface area contributed by atoms with Crippen LogP contribution in [0.4, 0.5) is 5.82 Å². The van der Waals surface area contributed by atoms with Crippen molar-refractivity contribution in [2.24, 2.45) is 0 Å². The van der Waals surface area contributed by atoms with Crippen molar-refractivity contribution < 1.29 is 5.11 Å². The van der Waals surface area contributed by atoms with E-state index in [1.165, 1.54) is 0 Å². The molecule has 0 aliphatic rings. The SMILES string of the molecule is OCCCCCNc1cc(-c2ccccc2)nc(-c2ccccc2)n1. The summed E-state index contributed by atoms with van der Waals surface area (Å²) in [6.45, 7) is 1.09. The molecule has 25 heavy (non-hydrogen) atoms. The van der Waals surface area contributed by atoms with E-state index < -0.39 is 0 Å². The van der Waals surface area contributed by atoms with E-state index in [2.05, 4.69) is 22.4 Å². The molecule has 0 aliphatic heterocycles. The average Bonchev–Trinajstić information content (AvgIpc) is 2.69. The number of hydrogen-bond acceptors (Lipinski definition) is 4. The van der Waals surface area contributed by atoms with Crippen LogP contribution >= 0.6 is 0 Å². The van der Waals surface area contributed by atoms with Crippen molar-refractivity contribution in [3.05, 3.63) is 66.7 Å². The number of benzene rings is 2. The number of aliphatic hydroxyl groups is 1. The van der Waals surface area contributed by atoms with E-state index in [1.54, 1.807) is 0 Å². The molecule has 1 heterocycles. The molecule has 0 fully saturated rings. The zero-order valence-corrected chi connectivity index (χ0v) is 14.2. The Morgan fingerprint density at radius 2 is 1.44 bits per heavy atom. The standard InChI is InChI=1S/C21H23N3O/c25-15-9-3-8-14-22-20-16-19(17-10-4-1-5-11-17)23-21(24-20)18-12-6-2-7-13-18/h1-2,4-7,10-13,16,25H,3,8-9,14-15H2,(H,22,23,24). The molecule has 4 nitrogen and oxygen atoms in total. The van der Waals surface area contributed by atoms with Gasteiger partial charge in [0.1, 0.15) is 5.82 Å². The van der Waals surface area contributed by atoms with E-state index in [1.807, 2.05) is 54.6 Å². The van der Waals surface area contributed by atoms with Crippen LogP contribution in [0.1, 0.15) is 19.3 Å². The lowest BCUT2D eigenvalue weighted by molar-refractivity contribution is 0.283. The minimum Gasteiger partial charge on any atom is -0.396 e. The third-order valence-electron chi connectivity index (χ3n) is 3.97. The molecule has 128 valence electrons. The van der Waals surface area contributed by atoms with Gasteiger partial charge in [0.25, 0.3) is 0 Å². The lowest BCUT2D eigenvalue weighted by atomic mass is 10.1. The second-order valence-corrected chi connectivity index (χ2v) is 5.91. The van der Waals surface area contributed by atoms with Gasteiger partial charge >= 0.3 is 0 Å². The van der Waals surface area contributed by atoms with Crippen LogP contribution in [0.5, 0.6) is 0 Å². The first kappa shape index (κ1) is 17.1. The highest BCUT2D eigenvalue weighted by Crippen LogP contribution is 2.24. The molecule has 0 unspecified atom stereocenters. The van der Waals surface area contributed by atoms with Gasteiger partial charge in [0.05, 0.1) is 5.69 Å². The van der Waals surface area contributed by atoms with Gasteiger partial charge in [-0.3, -0.25) is 0 Å². The molecule has 3 rings (SSSR count). The number of nitrogens with zero attached hydrogens (tertiary/aromatic N) is 2. The summed E-state index contributed by atoms with van der Waals surface area (Å²) in [5.41, 5.74) is 2.99. The Labute approximate surface area is 148 Å². The Balaban J connectivity index is 1.86. The van der Waals surface area contributed by atoms with Crippen molar-refractivity contribution >= 4 is 5.82 Å². The molecule has 3 aromatic rings. The quantitative estimate of drug-likeness (QED) is 0.600. The van der Waals surface area contributed by atoms with Gasteiger partial charge in [-0.15, -0.1) is 0 Å². The third-order valence-corrected chi connectivity index (χ3v) is 3.97. The van der Waals surface area contributed by atoms with Crippen LogP contribution in [0.25, 0.3) is 22.6 Å². The van der Waals surface area contributed by atoms with E-state index in [0.29, 0.717) is 0 Å².